The zero-order valence-corrected chi connectivity index (χ0v) is 6.23. The second-order valence-electron chi connectivity index (χ2n) is 3.38. The highest BCUT2D eigenvalue weighted by Crippen LogP contribution is 2.46. The molecule has 0 nitrogen and oxygen atoms in total. The molecule has 9 heavy (non-hydrogen) atoms. The van der Waals surface area contributed by atoms with E-state index >= 15 is 0 Å². The fraction of sp³-hybridized carbons (Fsp3) is 1.00. The average Bonchev–Trinajstić information content (AvgIpc) is 2.47. The van der Waals surface area contributed by atoms with Gasteiger partial charge in [-0.2, -0.15) is 0 Å². The molecule has 0 N–H and O–H groups in total. The molecule has 1 saturated carbocycles. The molecule has 0 amide bonds. The minimum absolute atomic E-state index is 0.117. The maximum Gasteiger partial charge on any atom is 0.0897 e. The van der Waals surface area contributed by atoms with Gasteiger partial charge in [0.05, 0.1) is 6.67 Å². The predicted octanol–water partition coefficient (Wildman–Crippen LogP) is 2.64. The highest BCUT2D eigenvalue weighted by molar-refractivity contribution is 4.87. The van der Waals surface area contributed by atoms with Crippen LogP contribution in [0.1, 0.15) is 26.7 Å². The van der Waals surface area contributed by atoms with Crippen molar-refractivity contribution in [2.45, 2.75) is 26.7 Å². The highest BCUT2D eigenvalue weighted by Gasteiger charge is 2.38. The highest BCUT2D eigenvalue weighted by atomic mass is 19.1. The zero-order valence-electron chi connectivity index (χ0n) is 6.23. The van der Waals surface area contributed by atoms with Crippen molar-refractivity contribution < 1.29 is 4.39 Å². The summed E-state index contributed by atoms with van der Waals surface area (Å²) < 4.78 is 11.7. The molecular formula is C8H15F. The molecule has 1 aliphatic rings. The largest absolute Gasteiger partial charge is 0.251 e. The monoisotopic (exact) mass is 130 g/mol. The lowest BCUT2D eigenvalue weighted by molar-refractivity contribution is 0.422. The van der Waals surface area contributed by atoms with Gasteiger partial charge in [0.25, 0.3) is 0 Å². The summed E-state index contributed by atoms with van der Waals surface area (Å²) in [5, 5.41) is 0. The van der Waals surface area contributed by atoms with Crippen LogP contribution in [0, 0.1) is 17.8 Å². The van der Waals surface area contributed by atoms with Gasteiger partial charge in [0.1, 0.15) is 0 Å². The van der Waals surface area contributed by atoms with E-state index in [2.05, 4.69) is 13.8 Å². The molecule has 54 valence electrons. The first-order chi connectivity index (χ1) is 4.25. The van der Waals surface area contributed by atoms with Crippen molar-refractivity contribution >= 4 is 0 Å². The SMILES string of the molecule is CC(C)C1CC1CCF. The van der Waals surface area contributed by atoms with Crippen LogP contribution in [-0.4, -0.2) is 6.67 Å². The first kappa shape index (κ1) is 7.04. The van der Waals surface area contributed by atoms with Gasteiger partial charge in [-0.1, -0.05) is 13.8 Å². The van der Waals surface area contributed by atoms with Crippen LogP contribution in [0.4, 0.5) is 4.39 Å². The second kappa shape index (κ2) is 2.68. The van der Waals surface area contributed by atoms with Gasteiger partial charge in [0, 0.05) is 0 Å². The molecule has 0 aromatic carbocycles. The molecule has 0 heterocycles. The molecule has 1 rings (SSSR count). The lowest BCUT2D eigenvalue weighted by atomic mass is 10.1. The van der Waals surface area contributed by atoms with Gasteiger partial charge in [-0.25, -0.2) is 0 Å². The molecule has 0 saturated heterocycles. The molecule has 0 spiro atoms. The lowest BCUT2D eigenvalue weighted by Gasteiger charge is -1.99. The quantitative estimate of drug-likeness (QED) is 0.551. The third-order valence-corrected chi connectivity index (χ3v) is 2.31. The average molecular weight is 130 g/mol. The van der Waals surface area contributed by atoms with E-state index in [4.69, 9.17) is 0 Å². The number of alkyl halides is 1. The van der Waals surface area contributed by atoms with E-state index in [0.717, 1.165) is 24.2 Å². The van der Waals surface area contributed by atoms with Gasteiger partial charge < -0.3 is 0 Å². The van der Waals surface area contributed by atoms with E-state index in [1.54, 1.807) is 0 Å². The third kappa shape index (κ3) is 1.67. The van der Waals surface area contributed by atoms with E-state index in [1.165, 1.54) is 6.42 Å². The van der Waals surface area contributed by atoms with Gasteiger partial charge >= 0.3 is 0 Å². The Morgan fingerprint density at radius 3 is 2.56 bits per heavy atom. The van der Waals surface area contributed by atoms with Crippen LogP contribution in [-0.2, 0) is 0 Å². The Balaban J connectivity index is 2.09. The molecule has 1 fully saturated rings. The summed E-state index contributed by atoms with van der Waals surface area (Å²) in [5.74, 6) is 2.36. The van der Waals surface area contributed by atoms with Crippen molar-refractivity contribution in [2.75, 3.05) is 6.67 Å². The van der Waals surface area contributed by atoms with Crippen molar-refractivity contribution in [2.24, 2.45) is 17.8 Å². The summed E-state index contributed by atoms with van der Waals surface area (Å²) in [4.78, 5) is 0. The van der Waals surface area contributed by atoms with Crippen LogP contribution in [0.2, 0.25) is 0 Å². The van der Waals surface area contributed by atoms with E-state index < -0.39 is 0 Å². The van der Waals surface area contributed by atoms with Crippen molar-refractivity contribution in [3.8, 4) is 0 Å². The normalized spacial score (nSPS) is 33.3. The molecule has 2 atom stereocenters. The fourth-order valence-electron chi connectivity index (χ4n) is 1.56. The van der Waals surface area contributed by atoms with Crippen LogP contribution in [0.5, 0.6) is 0 Å². The molecule has 1 aliphatic carbocycles. The first-order valence-electron chi connectivity index (χ1n) is 3.81. The Labute approximate surface area is 56.5 Å². The predicted molar refractivity (Wildman–Crippen MR) is 37.0 cm³/mol. The molecule has 0 aliphatic heterocycles. The minimum Gasteiger partial charge on any atom is -0.251 e. The molecule has 0 radical (unpaired) electrons. The standard InChI is InChI=1S/C8H15F/c1-6(2)8-5-7(8)3-4-9/h6-8H,3-5H2,1-2H3. The van der Waals surface area contributed by atoms with Crippen LogP contribution in [0.3, 0.4) is 0 Å². The van der Waals surface area contributed by atoms with Gasteiger partial charge in [-0.15, -0.1) is 0 Å². The number of rotatable bonds is 3. The van der Waals surface area contributed by atoms with E-state index in [0.29, 0.717) is 0 Å². The molecule has 1 heteroatoms. The number of hydrogen-bond acceptors (Lipinski definition) is 0. The van der Waals surface area contributed by atoms with Gasteiger partial charge in [0.15, 0.2) is 0 Å². The fourth-order valence-corrected chi connectivity index (χ4v) is 1.56. The Morgan fingerprint density at radius 1 is 1.56 bits per heavy atom. The van der Waals surface area contributed by atoms with E-state index in [1.807, 2.05) is 0 Å². The molecule has 2 unspecified atom stereocenters. The first-order valence-corrected chi connectivity index (χ1v) is 3.81. The van der Waals surface area contributed by atoms with E-state index in [9.17, 15) is 4.39 Å². The van der Waals surface area contributed by atoms with Crippen molar-refractivity contribution in [1.29, 1.82) is 0 Å². The second-order valence-corrected chi connectivity index (χ2v) is 3.38. The van der Waals surface area contributed by atoms with Crippen LogP contribution < -0.4 is 0 Å². The minimum atomic E-state index is -0.117. The lowest BCUT2D eigenvalue weighted by Crippen LogP contribution is -1.92. The number of halogens is 1. The summed E-state index contributed by atoms with van der Waals surface area (Å²) >= 11 is 0. The van der Waals surface area contributed by atoms with Crippen LogP contribution >= 0.6 is 0 Å². The zero-order chi connectivity index (χ0) is 6.85. The molecule has 0 aromatic rings. The van der Waals surface area contributed by atoms with E-state index in [-0.39, 0.29) is 6.67 Å². The number of hydrogen-bond donors (Lipinski definition) is 0. The summed E-state index contributed by atoms with van der Waals surface area (Å²) in [6.45, 7) is 4.33. The third-order valence-electron chi connectivity index (χ3n) is 2.31. The Bertz CT molecular complexity index is 88.6. The Hall–Kier alpha value is -0.0700. The van der Waals surface area contributed by atoms with Crippen molar-refractivity contribution in [3.05, 3.63) is 0 Å². The Morgan fingerprint density at radius 2 is 2.22 bits per heavy atom. The van der Waals surface area contributed by atoms with Crippen LogP contribution in [0.25, 0.3) is 0 Å². The smallest absolute Gasteiger partial charge is 0.0897 e. The van der Waals surface area contributed by atoms with Gasteiger partial charge in [-0.3, -0.25) is 4.39 Å². The summed E-state index contributed by atoms with van der Waals surface area (Å²) in [7, 11) is 0. The summed E-state index contributed by atoms with van der Waals surface area (Å²) in [5.41, 5.74) is 0. The molecule has 0 bridgehead atoms. The molecule has 0 aromatic heterocycles. The summed E-state index contributed by atoms with van der Waals surface area (Å²) in [6.07, 6.45) is 2.09. The maximum absolute atomic E-state index is 11.7. The molecular weight excluding hydrogens is 115 g/mol. The maximum atomic E-state index is 11.7. The van der Waals surface area contributed by atoms with Crippen molar-refractivity contribution in [3.63, 3.8) is 0 Å². The van der Waals surface area contributed by atoms with Crippen molar-refractivity contribution in [1.82, 2.24) is 0 Å². The van der Waals surface area contributed by atoms with Gasteiger partial charge in [-0.05, 0) is 30.6 Å². The Kier molecular flexibility index (Phi) is 2.09. The van der Waals surface area contributed by atoms with Crippen LogP contribution in [0.15, 0.2) is 0 Å². The summed E-state index contributed by atoms with van der Waals surface area (Å²) in [6, 6.07) is 0. The topological polar surface area (TPSA) is 0 Å². The van der Waals surface area contributed by atoms with Gasteiger partial charge in [0.2, 0.25) is 0 Å².